The molecule has 2 aliphatic rings. The average molecular weight is 701 g/mol. The standard InChI is InChI=1S/C37H42F2N8O4/c1-3-35(26(2)48)47-36(49)46(25-42-47)31-7-5-29(6-8-31)43-14-16-44(17-15-43)30-9-11-32(12-10-30)50-20-27-19-37(51-21-27,22-45-24-40-23-41-45)33-13-4-28(38)18-34(33)39/h4-13,18,23-27,35,48H,3,14-17,19-22H2,1-2H3/t26-,27+,35-,37-/m1/s1. The normalized spacial score (nSPS) is 20.5. The monoisotopic (exact) mass is 700 g/mol. The highest BCUT2D eigenvalue weighted by atomic mass is 19.1. The second-order valence-corrected chi connectivity index (χ2v) is 13.3. The van der Waals surface area contributed by atoms with Crippen molar-refractivity contribution in [1.82, 2.24) is 29.1 Å². The van der Waals surface area contributed by atoms with Crippen LogP contribution in [0.1, 0.15) is 38.3 Å². The molecule has 0 radical (unpaired) electrons. The molecule has 4 heterocycles. The molecule has 2 aromatic heterocycles. The van der Waals surface area contributed by atoms with Gasteiger partial charge in [-0.05, 0) is 74.4 Å². The first-order chi connectivity index (χ1) is 24.7. The molecule has 12 nitrogen and oxygen atoms in total. The zero-order chi connectivity index (χ0) is 35.5. The van der Waals surface area contributed by atoms with Gasteiger partial charge in [0.1, 0.15) is 42.0 Å². The lowest BCUT2D eigenvalue weighted by molar-refractivity contribution is -0.0206. The van der Waals surface area contributed by atoms with Crippen LogP contribution in [-0.2, 0) is 16.9 Å². The van der Waals surface area contributed by atoms with Gasteiger partial charge >= 0.3 is 5.69 Å². The van der Waals surface area contributed by atoms with Gasteiger partial charge in [0.15, 0.2) is 0 Å². The number of anilines is 2. The van der Waals surface area contributed by atoms with E-state index in [1.807, 2.05) is 43.3 Å². The van der Waals surface area contributed by atoms with Crippen LogP contribution < -0.4 is 20.2 Å². The lowest BCUT2D eigenvalue weighted by Gasteiger charge is -2.37. The third kappa shape index (κ3) is 7.24. The number of aromatic nitrogens is 6. The van der Waals surface area contributed by atoms with Crippen molar-refractivity contribution in [2.75, 3.05) is 49.2 Å². The molecule has 4 atom stereocenters. The second-order valence-electron chi connectivity index (χ2n) is 13.3. The Labute approximate surface area is 294 Å². The topological polar surface area (TPSA) is 116 Å². The summed E-state index contributed by atoms with van der Waals surface area (Å²) in [6.45, 7) is 7.97. The van der Waals surface area contributed by atoms with Crippen molar-refractivity contribution < 1.29 is 23.4 Å². The number of hydrogen-bond donors (Lipinski definition) is 1. The Bertz CT molecular complexity index is 1960. The van der Waals surface area contributed by atoms with Gasteiger partial charge in [0, 0.05) is 55.1 Å². The largest absolute Gasteiger partial charge is 0.493 e. The Kier molecular flexibility index (Phi) is 9.87. The molecule has 1 N–H and O–H groups in total. The molecule has 0 amide bonds. The SMILES string of the molecule is CC[C@H]([C@@H](C)O)n1ncn(-c2ccc(N3CCN(c4ccc(OC[C@H]5CO[C@](Cn6cncn6)(c6ccc(F)cc6F)C5)cc4)CC3)cc2)c1=O. The summed E-state index contributed by atoms with van der Waals surface area (Å²) in [5, 5.41) is 18.5. The maximum absolute atomic E-state index is 15.0. The molecule has 14 heteroatoms. The summed E-state index contributed by atoms with van der Waals surface area (Å²) < 4.78 is 45.6. The first kappa shape index (κ1) is 34.4. The van der Waals surface area contributed by atoms with E-state index >= 15 is 0 Å². The molecule has 2 aliphatic heterocycles. The summed E-state index contributed by atoms with van der Waals surface area (Å²) in [7, 11) is 0. The molecule has 0 aliphatic carbocycles. The minimum Gasteiger partial charge on any atom is -0.493 e. The lowest BCUT2D eigenvalue weighted by Crippen LogP contribution is -2.46. The minimum atomic E-state index is -1.02. The van der Waals surface area contributed by atoms with E-state index in [1.54, 1.807) is 17.9 Å². The summed E-state index contributed by atoms with van der Waals surface area (Å²) in [5.74, 6) is -0.563. The van der Waals surface area contributed by atoms with Crippen LogP contribution in [0.5, 0.6) is 5.75 Å². The number of hydrogen-bond acceptors (Lipinski definition) is 9. The number of rotatable bonds is 12. The minimum absolute atomic E-state index is 0.0121. The predicted octanol–water partition coefficient (Wildman–Crippen LogP) is 4.57. The van der Waals surface area contributed by atoms with Gasteiger partial charge < -0.3 is 24.4 Å². The van der Waals surface area contributed by atoms with E-state index in [0.29, 0.717) is 31.6 Å². The zero-order valence-electron chi connectivity index (χ0n) is 28.7. The predicted molar refractivity (Wildman–Crippen MR) is 187 cm³/mol. The molecule has 51 heavy (non-hydrogen) atoms. The van der Waals surface area contributed by atoms with E-state index < -0.39 is 23.3 Å². The van der Waals surface area contributed by atoms with Gasteiger partial charge in [0.25, 0.3) is 0 Å². The zero-order valence-corrected chi connectivity index (χ0v) is 28.7. The Morgan fingerprint density at radius 1 is 0.941 bits per heavy atom. The van der Waals surface area contributed by atoms with Gasteiger partial charge in [-0.25, -0.2) is 32.5 Å². The number of nitrogens with zero attached hydrogens (tertiary/aromatic N) is 8. The molecule has 0 saturated carbocycles. The van der Waals surface area contributed by atoms with Crippen LogP contribution in [0, 0.1) is 17.6 Å². The first-order valence-electron chi connectivity index (χ1n) is 17.3. The van der Waals surface area contributed by atoms with Crippen LogP contribution in [0.15, 0.2) is 90.5 Å². The van der Waals surface area contributed by atoms with Crippen LogP contribution in [0.25, 0.3) is 5.69 Å². The molecule has 2 saturated heterocycles. The smallest absolute Gasteiger partial charge is 0.350 e. The van der Waals surface area contributed by atoms with Crippen LogP contribution in [0.4, 0.5) is 20.2 Å². The third-order valence-corrected chi connectivity index (χ3v) is 9.96. The number of benzene rings is 3. The molecule has 7 rings (SSSR count). The molecule has 0 bridgehead atoms. The third-order valence-electron chi connectivity index (χ3n) is 9.96. The van der Waals surface area contributed by atoms with Crippen molar-refractivity contribution in [3.8, 4) is 11.4 Å². The summed E-state index contributed by atoms with van der Waals surface area (Å²) in [6.07, 6.45) is 4.88. The summed E-state index contributed by atoms with van der Waals surface area (Å²) in [5.41, 5.74) is 1.93. The fraction of sp³-hybridized carbons (Fsp3) is 0.405. The highest BCUT2D eigenvalue weighted by molar-refractivity contribution is 5.54. The number of halogens is 2. The van der Waals surface area contributed by atoms with Crippen LogP contribution in [0.2, 0.25) is 0 Å². The summed E-state index contributed by atoms with van der Waals surface area (Å²) in [6, 6.07) is 19.2. The van der Waals surface area contributed by atoms with Gasteiger partial charge in [-0.2, -0.15) is 10.2 Å². The van der Waals surface area contributed by atoms with Crippen molar-refractivity contribution >= 4 is 11.4 Å². The van der Waals surface area contributed by atoms with E-state index in [9.17, 15) is 18.7 Å². The molecule has 2 fully saturated rings. The number of piperazine rings is 1. The van der Waals surface area contributed by atoms with Gasteiger partial charge in [-0.3, -0.25) is 0 Å². The molecule has 268 valence electrons. The molecule has 5 aromatic rings. The van der Waals surface area contributed by atoms with Gasteiger partial charge in [-0.1, -0.05) is 13.0 Å². The fourth-order valence-corrected chi connectivity index (χ4v) is 7.24. The molecule has 0 spiro atoms. The molecule has 0 unspecified atom stereocenters. The second kappa shape index (κ2) is 14.6. The van der Waals surface area contributed by atoms with Crippen molar-refractivity contribution in [1.29, 1.82) is 0 Å². The maximum Gasteiger partial charge on any atom is 0.350 e. The van der Waals surface area contributed by atoms with Crippen LogP contribution in [0.3, 0.4) is 0 Å². The van der Waals surface area contributed by atoms with Crippen LogP contribution >= 0.6 is 0 Å². The molecule has 3 aromatic carbocycles. The van der Waals surface area contributed by atoms with Gasteiger partial charge in [0.2, 0.25) is 0 Å². The highest BCUT2D eigenvalue weighted by Crippen LogP contribution is 2.42. The fourth-order valence-electron chi connectivity index (χ4n) is 7.24. The van der Waals surface area contributed by atoms with E-state index in [-0.39, 0.29) is 24.2 Å². The average Bonchev–Trinajstić information content (AvgIpc) is 3.90. The Hall–Kier alpha value is -5.08. The first-order valence-corrected chi connectivity index (χ1v) is 17.3. The van der Waals surface area contributed by atoms with Crippen molar-refractivity contribution in [3.05, 3.63) is 113 Å². The van der Waals surface area contributed by atoms with Crippen LogP contribution in [-0.4, -0.2) is 79.7 Å². The van der Waals surface area contributed by atoms with E-state index in [2.05, 4.69) is 37.1 Å². The van der Waals surface area contributed by atoms with Crippen molar-refractivity contribution in [3.63, 3.8) is 0 Å². The number of ether oxygens (including phenoxy) is 2. The highest BCUT2D eigenvalue weighted by Gasteiger charge is 2.44. The number of aliphatic hydroxyl groups excluding tert-OH is 1. The maximum atomic E-state index is 15.0. The van der Waals surface area contributed by atoms with E-state index in [0.717, 1.165) is 55.1 Å². The van der Waals surface area contributed by atoms with E-state index in [4.69, 9.17) is 9.47 Å². The van der Waals surface area contributed by atoms with Crippen molar-refractivity contribution in [2.45, 2.75) is 51.0 Å². The van der Waals surface area contributed by atoms with Crippen molar-refractivity contribution in [2.24, 2.45) is 5.92 Å². The molecular formula is C37H42F2N8O4. The lowest BCUT2D eigenvalue weighted by atomic mass is 9.87. The Balaban J connectivity index is 0.923. The number of aliphatic hydroxyl groups is 1. The quantitative estimate of drug-likeness (QED) is 0.200. The summed E-state index contributed by atoms with van der Waals surface area (Å²) >= 11 is 0. The molecular weight excluding hydrogens is 658 g/mol. The van der Waals surface area contributed by atoms with E-state index in [1.165, 1.54) is 34.0 Å². The Morgan fingerprint density at radius 2 is 1.61 bits per heavy atom. The van der Waals surface area contributed by atoms with Gasteiger partial charge in [0.05, 0.1) is 37.6 Å². The Morgan fingerprint density at radius 3 is 2.22 bits per heavy atom. The van der Waals surface area contributed by atoms with Gasteiger partial charge in [-0.15, -0.1) is 0 Å². The summed E-state index contributed by atoms with van der Waals surface area (Å²) in [4.78, 5) is 21.7.